The summed E-state index contributed by atoms with van der Waals surface area (Å²) in [5, 5.41) is 21.6. The number of carbonyl (C=O) groups excluding carboxylic acids is 1. The first-order valence-corrected chi connectivity index (χ1v) is 13.5. The van der Waals surface area contributed by atoms with Crippen LogP contribution in [0, 0.1) is 5.82 Å². The second-order valence-electron chi connectivity index (χ2n) is 8.87. The molecule has 3 unspecified atom stereocenters. The molecule has 2 aromatic carbocycles. The number of amides is 1. The molecular weight excluding hydrogens is 507 g/mol. The van der Waals surface area contributed by atoms with Crippen molar-refractivity contribution in [2.24, 2.45) is 0 Å². The molecule has 3 N–H and O–H groups in total. The maximum Gasteiger partial charge on any atom is 0.255 e. The molecule has 3 aromatic rings. The van der Waals surface area contributed by atoms with Gasteiger partial charge in [-0.15, -0.1) is 0 Å². The number of rotatable bonds is 8. The molecule has 0 fully saturated rings. The monoisotopic (exact) mass is 536 g/mol. The van der Waals surface area contributed by atoms with Crippen molar-refractivity contribution in [2.75, 3.05) is 44.0 Å². The second-order valence-corrected chi connectivity index (χ2v) is 10.8. The van der Waals surface area contributed by atoms with Gasteiger partial charge in [0.1, 0.15) is 29.4 Å². The fourth-order valence-corrected chi connectivity index (χ4v) is 5.28. The predicted octanol–water partition coefficient (Wildman–Crippen LogP) is 2.19. The summed E-state index contributed by atoms with van der Waals surface area (Å²) < 4.78 is 58.0. The van der Waals surface area contributed by atoms with Crippen molar-refractivity contribution in [3.8, 4) is 11.3 Å². The molecule has 0 radical (unpaired) electrons. The van der Waals surface area contributed by atoms with E-state index in [0.29, 0.717) is 22.2 Å². The number of sulfonamides is 1. The Morgan fingerprint density at radius 3 is 2.62 bits per heavy atom. The average Bonchev–Trinajstić information content (AvgIpc) is 3.16. The Morgan fingerprint density at radius 2 is 2.00 bits per heavy atom. The van der Waals surface area contributed by atoms with Crippen LogP contribution in [0.5, 0.6) is 0 Å². The predicted molar refractivity (Wildman–Crippen MR) is 134 cm³/mol. The number of anilines is 1. The molecule has 2 heterocycles. The van der Waals surface area contributed by atoms with E-state index in [2.05, 4.69) is 5.32 Å². The first-order valence-electron chi connectivity index (χ1n) is 11.6. The molecule has 37 heavy (non-hydrogen) atoms. The zero-order chi connectivity index (χ0) is 26.9. The summed E-state index contributed by atoms with van der Waals surface area (Å²) in [6, 6.07) is 8.74. The topological polar surface area (TPSA) is 139 Å². The number of aliphatic hydroxyl groups is 2. The van der Waals surface area contributed by atoms with E-state index in [-0.39, 0.29) is 36.7 Å². The van der Waals surface area contributed by atoms with Gasteiger partial charge in [-0.25, -0.2) is 12.8 Å². The lowest BCUT2D eigenvalue weighted by Gasteiger charge is -2.25. The number of aliphatic hydroxyl groups excluding tert-OH is 2. The lowest BCUT2D eigenvalue weighted by atomic mass is 10.0. The minimum atomic E-state index is -3.77. The maximum atomic E-state index is 13.5. The van der Waals surface area contributed by atoms with Crippen molar-refractivity contribution in [3.63, 3.8) is 0 Å². The first-order chi connectivity index (χ1) is 17.5. The zero-order valence-corrected chi connectivity index (χ0v) is 21.4. The average molecular weight is 537 g/mol. The Labute approximate surface area is 213 Å². The van der Waals surface area contributed by atoms with Crippen LogP contribution in [-0.2, 0) is 19.5 Å². The highest BCUT2D eigenvalue weighted by Gasteiger charge is 2.34. The second kappa shape index (κ2) is 10.8. The molecular formula is C25H29FN2O8S. The van der Waals surface area contributed by atoms with Crippen molar-refractivity contribution in [2.45, 2.75) is 25.2 Å². The third-order valence-corrected chi connectivity index (χ3v) is 7.24. The summed E-state index contributed by atoms with van der Waals surface area (Å²) in [6.45, 7) is 1.08. The van der Waals surface area contributed by atoms with Crippen LogP contribution in [-0.4, -0.2) is 76.4 Å². The van der Waals surface area contributed by atoms with Gasteiger partial charge in [0.25, 0.3) is 5.91 Å². The lowest BCUT2D eigenvalue weighted by Crippen LogP contribution is -2.39. The van der Waals surface area contributed by atoms with Gasteiger partial charge in [0.2, 0.25) is 10.0 Å². The summed E-state index contributed by atoms with van der Waals surface area (Å²) in [5.41, 5.74) is 1.85. The van der Waals surface area contributed by atoms with E-state index in [9.17, 15) is 22.7 Å². The lowest BCUT2D eigenvalue weighted by molar-refractivity contribution is -0.0644. The highest BCUT2D eigenvalue weighted by molar-refractivity contribution is 7.92. The normalized spacial score (nSPS) is 18.9. The number of hydrogen-bond donors (Lipinski definition) is 3. The standard InChI is InChI=1S/C25H29FN2O8S/c1-14-19-8-20-22(36-24(23(20)25(31)27-2)15-4-6-16(26)7-5-15)9-21(19)28(37(3,32)33)10-18(35-14)13-34-12-17(30)11-29/h4-9,14,17-18,29-30H,10-13H2,1-3H3,(H,27,31). The molecule has 1 aliphatic heterocycles. The number of benzene rings is 2. The van der Waals surface area contributed by atoms with Crippen molar-refractivity contribution in [3.05, 3.63) is 53.3 Å². The molecule has 0 aliphatic carbocycles. The molecule has 4 rings (SSSR count). The van der Waals surface area contributed by atoms with Crippen LogP contribution in [0.2, 0.25) is 0 Å². The molecule has 1 amide bonds. The summed E-state index contributed by atoms with van der Waals surface area (Å²) >= 11 is 0. The molecule has 1 aliphatic rings. The smallest absolute Gasteiger partial charge is 0.255 e. The van der Waals surface area contributed by atoms with Crippen molar-refractivity contribution < 1.29 is 41.7 Å². The van der Waals surface area contributed by atoms with Gasteiger partial charge in [0.15, 0.2) is 0 Å². The van der Waals surface area contributed by atoms with E-state index >= 15 is 0 Å². The molecule has 0 bridgehead atoms. The number of nitrogens with zero attached hydrogens (tertiary/aromatic N) is 1. The van der Waals surface area contributed by atoms with E-state index in [1.807, 2.05) is 0 Å². The molecule has 1 aromatic heterocycles. The van der Waals surface area contributed by atoms with Crippen molar-refractivity contribution >= 4 is 32.6 Å². The molecule has 0 spiro atoms. The van der Waals surface area contributed by atoms with Crippen LogP contribution in [0.25, 0.3) is 22.3 Å². The van der Waals surface area contributed by atoms with Crippen molar-refractivity contribution in [1.82, 2.24) is 5.32 Å². The largest absolute Gasteiger partial charge is 0.455 e. The number of nitrogens with one attached hydrogen (secondary N) is 1. The van der Waals surface area contributed by atoms with E-state index in [0.717, 1.165) is 6.26 Å². The van der Waals surface area contributed by atoms with E-state index < -0.39 is 46.7 Å². The number of furan rings is 1. The molecule has 200 valence electrons. The highest BCUT2D eigenvalue weighted by Crippen LogP contribution is 2.42. The maximum absolute atomic E-state index is 13.5. The SMILES string of the molecule is CNC(=O)c1c(-c2ccc(F)cc2)oc2cc3c(cc12)C(C)OC(COCC(O)CO)CN3S(C)(=O)=O. The van der Waals surface area contributed by atoms with E-state index in [1.54, 1.807) is 19.1 Å². The van der Waals surface area contributed by atoms with E-state index in [1.165, 1.54) is 35.6 Å². The van der Waals surface area contributed by atoms with Gasteiger partial charge in [-0.1, -0.05) is 0 Å². The third-order valence-electron chi connectivity index (χ3n) is 6.10. The number of fused-ring (bicyclic) bond motifs is 2. The first kappa shape index (κ1) is 27.0. The Bertz CT molecular complexity index is 1390. The minimum absolute atomic E-state index is 0.0181. The quantitative estimate of drug-likeness (QED) is 0.398. The van der Waals surface area contributed by atoms with Gasteiger partial charge in [-0.2, -0.15) is 0 Å². The fourth-order valence-electron chi connectivity index (χ4n) is 4.33. The van der Waals surface area contributed by atoms with Crippen LogP contribution < -0.4 is 9.62 Å². The number of hydrogen-bond acceptors (Lipinski definition) is 8. The number of carbonyl (C=O) groups is 1. The molecule has 0 saturated heterocycles. The highest BCUT2D eigenvalue weighted by atomic mass is 32.2. The number of halogens is 1. The zero-order valence-electron chi connectivity index (χ0n) is 20.6. The van der Waals surface area contributed by atoms with Crippen LogP contribution in [0.3, 0.4) is 0 Å². The van der Waals surface area contributed by atoms with Gasteiger partial charge in [0.05, 0.1) is 50.0 Å². The van der Waals surface area contributed by atoms with Crippen LogP contribution in [0.15, 0.2) is 40.8 Å². The van der Waals surface area contributed by atoms with Gasteiger partial charge < -0.3 is 29.4 Å². The Balaban J connectivity index is 1.82. The molecule has 0 saturated carbocycles. The summed E-state index contributed by atoms with van der Waals surface area (Å²) in [7, 11) is -2.29. The van der Waals surface area contributed by atoms with Crippen LogP contribution in [0.1, 0.15) is 28.9 Å². The summed E-state index contributed by atoms with van der Waals surface area (Å²) in [4.78, 5) is 12.9. The third kappa shape index (κ3) is 5.63. The molecule has 3 atom stereocenters. The van der Waals surface area contributed by atoms with Gasteiger partial charge in [0, 0.05) is 29.6 Å². The van der Waals surface area contributed by atoms with Gasteiger partial charge in [-0.05, 0) is 37.3 Å². The number of ether oxygens (including phenoxy) is 2. The molecule has 10 nitrogen and oxygen atoms in total. The van der Waals surface area contributed by atoms with Crippen LogP contribution >= 0.6 is 0 Å². The minimum Gasteiger partial charge on any atom is -0.455 e. The Kier molecular flexibility index (Phi) is 7.85. The Hall–Kier alpha value is -3.03. The fraction of sp³-hybridized carbons (Fsp3) is 0.400. The van der Waals surface area contributed by atoms with Crippen LogP contribution in [0.4, 0.5) is 10.1 Å². The van der Waals surface area contributed by atoms with Crippen molar-refractivity contribution in [1.29, 1.82) is 0 Å². The Morgan fingerprint density at radius 1 is 1.30 bits per heavy atom. The molecule has 12 heteroatoms. The van der Waals surface area contributed by atoms with E-state index in [4.69, 9.17) is 19.0 Å². The summed E-state index contributed by atoms with van der Waals surface area (Å²) in [6.07, 6.45) is -1.25. The summed E-state index contributed by atoms with van der Waals surface area (Å²) in [5.74, 6) is -0.635. The van der Waals surface area contributed by atoms with Gasteiger partial charge in [-0.3, -0.25) is 9.10 Å². The van der Waals surface area contributed by atoms with Gasteiger partial charge >= 0.3 is 0 Å².